The van der Waals surface area contributed by atoms with Crippen molar-refractivity contribution in [2.75, 3.05) is 58.8 Å². The summed E-state index contributed by atoms with van der Waals surface area (Å²) in [6, 6.07) is 3.97. The summed E-state index contributed by atoms with van der Waals surface area (Å²) in [7, 11) is 3.54. The van der Waals surface area contributed by atoms with E-state index in [0.29, 0.717) is 61.8 Å². The molecular formula is C22H30N8O3S. The number of amides is 3. The summed E-state index contributed by atoms with van der Waals surface area (Å²) in [6.45, 7) is 4.66. The molecular weight excluding hydrogens is 456 g/mol. The molecule has 182 valence electrons. The van der Waals surface area contributed by atoms with Crippen molar-refractivity contribution in [3.8, 4) is 6.07 Å². The van der Waals surface area contributed by atoms with Gasteiger partial charge in [-0.2, -0.15) is 5.26 Å². The van der Waals surface area contributed by atoms with E-state index in [4.69, 9.17) is 0 Å². The lowest BCUT2D eigenvalue weighted by atomic mass is 10.2. The zero-order valence-corrected chi connectivity index (χ0v) is 20.8. The fraction of sp³-hybridized carbons (Fsp3) is 0.545. The van der Waals surface area contributed by atoms with Gasteiger partial charge in [-0.3, -0.25) is 9.20 Å². The molecule has 11 nitrogen and oxygen atoms in total. The Labute approximate surface area is 201 Å². The Hall–Kier alpha value is -3.17. The molecule has 1 saturated carbocycles. The van der Waals surface area contributed by atoms with E-state index in [2.05, 4.69) is 20.7 Å². The number of nitrogens with one attached hydrogen (secondary N) is 1. The maximum absolute atomic E-state index is 13.2. The Bertz CT molecular complexity index is 1170. The summed E-state index contributed by atoms with van der Waals surface area (Å²) in [4.78, 5) is 37.3. The van der Waals surface area contributed by atoms with E-state index >= 15 is 0 Å². The molecule has 34 heavy (non-hydrogen) atoms. The van der Waals surface area contributed by atoms with Crippen LogP contribution in [0.25, 0.3) is 5.65 Å². The Morgan fingerprint density at radius 1 is 1.24 bits per heavy atom. The highest BCUT2D eigenvalue weighted by Gasteiger charge is 2.45. The Kier molecular flexibility index (Phi) is 6.51. The summed E-state index contributed by atoms with van der Waals surface area (Å²) < 4.78 is 17.8. The van der Waals surface area contributed by atoms with E-state index < -0.39 is 16.5 Å². The van der Waals surface area contributed by atoms with Crippen LogP contribution in [0, 0.1) is 11.3 Å². The van der Waals surface area contributed by atoms with E-state index in [1.165, 1.54) is 6.20 Å². The third-order valence-corrected chi connectivity index (χ3v) is 7.57. The number of pyridine rings is 1. The molecule has 0 spiro atoms. The van der Waals surface area contributed by atoms with E-state index in [9.17, 15) is 19.1 Å². The van der Waals surface area contributed by atoms with Crippen LogP contribution in [0.5, 0.6) is 0 Å². The number of nitriles is 1. The molecule has 3 heterocycles. The second kappa shape index (κ2) is 9.23. The first-order chi connectivity index (χ1) is 16.2. The van der Waals surface area contributed by atoms with Gasteiger partial charge in [0.2, 0.25) is 0 Å². The fourth-order valence-corrected chi connectivity index (χ4v) is 5.04. The first kappa shape index (κ1) is 24.0. The molecule has 2 aromatic heterocycles. The Morgan fingerprint density at radius 2 is 1.91 bits per heavy atom. The summed E-state index contributed by atoms with van der Waals surface area (Å²) in [5.74, 6) is -0.186. The van der Waals surface area contributed by atoms with Crippen molar-refractivity contribution in [3.63, 3.8) is 0 Å². The maximum atomic E-state index is 13.2. The van der Waals surface area contributed by atoms with Crippen LogP contribution in [0.3, 0.4) is 0 Å². The van der Waals surface area contributed by atoms with Gasteiger partial charge in [0.15, 0.2) is 5.65 Å². The minimum absolute atomic E-state index is 0.0358. The molecule has 1 N–H and O–H groups in total. The van der Waals surface area contributed by atoms with E-state index in [0.717, 1.165) is 5.69 Å². The molecule has 4 rings (SSSR count). The van der Waals surface area contributed by atoms with E-state index in [-0.39, 0.29) is 11.9 Å². The predicted octanol–water partition coefficient (Wildman–Crippen LogP) is 0.898. The van der Waals surface area contributed by atoms with Gasteiger partial charge in [0.25, 0.3) is 5.91 Å². The Balaban J connectivity index is 1.71. The number of rotatable bonds is 6. The number of hydrogen-bond acceptors (Lipinski definition) is 6. The smallest absolute Gasteiger partial charge is 0.319 e. The molecule has 12 heteroatoms. The lowest BCUT2D eigenvalue weighted by molar-refractivity contribution is 0.0795. The summed E-state index contributed by atoms with van der Waals surface area (Å²) in [5.41, 5.74) is 0.947. The SMILES string of the molecule is CCN(C)C(=O)c1cnc2c(N3CCN(C(=O)N(C)C)CC3)cc(S(=O)NC3(C#N)CC3)cn12. The zero-order chi connectivity index (χ0) is 24.6. The van der Waals surface area contributed by atoms with Crippen LogP contribution in [0.1, 0.15) is 30.3 Å². The fourth-order valence-electron chi connectivity index (χ4n) is 3.90. The summed E-state index contributed by atoms with van der Waals surface area (Å²) in [6.07, 6.45) is 4.51. The first-order valence-corrected chi connectivity index (χ1v) is 12.4. The Morgan fingerprint density at radius 3 is 2.47 bits per heavy atom. The number of fused-ring (bicyclic) bond motifs is 1. The molecule has 1 aliphatic carbocycles. The van der Waals surface area contributed by atoms with Gasteiger partial charge in [0.05, 0.1) is 22.8 Å². The maximum Gasteiger partial charge on any atom is 0.319 e. The van der Waals surface area contributed by atoms with Crippen LogP contribution in [0.2, 0.25) is 0 Å². The number of piperazine rings is 1. The molecule has 2 fully saturated rings. The topological polar surface area (TPSA) is 117 Å². The molecule has 1 unspecified atom stereocenters. The van der Waals surface area contributed by atoms with E-state index in [1.54, 1.807) is 52.5 Å². The molecule has 1 atom stereocenters. The quantitative estimate of drug-likeness (QED) is 0.648. The van der Waals surface area contributed by atoms with Crippen molar-refractivity contribution in [1.29, 1.82) is 5.26 Å². The van der Waals surface area contributed by atoms with Gasteiger partial charge in [-0.25, -0.2) is 18.7 Å². The van der Waals surface area contributed by atoms with Crippen LogP contribution in [0.4, 0.5) is 10.5 Å². The standard InChI is InChI=1S/C22H30N8O3S/c1-5-27(4)20(31)18-13-24-19-17(28-8-10-29(11-9-28)21(32)26(2)3)12-16(14-30(18)19)34(33)25-22(15-23)6-7-22/h12-14,25H,5-11H2,1-4H3. The van der Waals surface area contributed by atoms with Crippen LogP contribution >= 0.6 is 0 Å². The normalized spacial score (nSPS) is 17.9. The second-order valence-electron chi connectivity index (χ2n) is 8.93. The van der Waals surface area contributed by atoms with Crippen molar-refractivity contribution >= 4 is 34.3 Å². The molecule has 0 aromatic carbocycles. The summed E-state index contributed by atoms with van der Waals surface area (Å²) >= 11 is 0. The predicted molar refractivity (Wildman–Crippen MR) is 128 cm³/mol. The number of urea groups is 1. The zero-order valence-electron chi connectivity index (χ0n) is 19.9. The average molecular weight is 487 g/mol. The van der Waals surface area contributed by atoms with Gasteiger partial charge in [0, 0.05) is 60.1 Å². The number of nitrogens with zero attached hydrogens (tertiary/aromatic N) is 7. The summed E-state index contributed by atoms with van der Waals surface area (Å²) in [5, 5.41) is 9.41. The van der Waals surface area contributed by atoms with Crippen LogP contribution in [-0.4, -0.2) is 99.6 Å². The minimum atomic E-state index is -1.64. The molecule has 0 bridgehead atoms. The highest BCUT2D eigenvalue weighted by Crippen LogP contribution is 2.36. The van der Waals surface area contributed by atoms with E-state index in [1.807, 2.05) is 6.92 Å². The van der Waals surface area contributed by atoms with Crippen molar-refractivity contribution < 1.29 is 13.8 Å². The average Bonchev–Trinajstić information content (AvgIpc) is 3.49. The van der Waals surface area contributed by atoms with Gasteiger partial charge in [-0.15, -0.1) is 0 Å². The van der Waals surface area contributed by atoms with Gasteiger partial charge >= 0.3 is 6.03 Å². The second-order valence-corrected chi connectivity index (χ2v) is 10.1. The van der Waals surface area contributed by atoms with Gasteiger partial charge in [0.1, 0.15) is 22.2 Å². The lowest BCUT2D eigenvalue weighted by Gasteiger charge is -2.37. The van der Waals surface area contributed by atoms with Gasteiger partial charge < -0.3 is 19.6 Å². The number of carbonyl (C=O) groups excluding carboxylic acids is 2. The molecule has 3 amide bonds. The van der Waals surface area contributed by atoms with Crippen molar-refractivity contribution in [2.24, 2.45) is 0 Å². The number of imidazole rings is 1. The van der Waals surface area contributed by atoms with Crippen molar-refractivity contribution in [3.05, 3.63) is 24.2 Å². The van der Waals surface area contributed by atoms with Crippen molar-refractivity contribution in [1.82, 2.24) is 28.8 Å². The largest absolute Gasteiger partial charge is 0.365 e. The molecule has 2 aromatic rings. The third-order valence-electron chi connectivity index (χ3n) is 6.34. The number of aromatic nitrogens is 2. The van der Waals surface area contributed by atoms with Gasteiger partial charge in [-0.1, -0.05) is 0 Å². The lowest BCUT2D eigenvalue weighted by Crippen LogP contribution is -2.51. The molecule has 1 saturated heterocycles. The van der Waals surface area contributed by atoms with Gasteiger partial charge in [-0.05, 0) is 25.8 Å². The highest BCUT2D eigenvalue weighted by atomic mass is 32.2. The molecule has 0 radical (unpaired) electrons. The molecule has 2 aliphatic rings. The monoisotopic (exact) mass is 486 g/mol. The third kappa shape index (κ3) is 4.45. The minimum Gasteiger partial charge on any atom is -0.365 e. The first-order valence-electron chi connectivity index (χ1n) is 11.3. The van der Waals surface area contributed by atoms with Crippen molar-refractivity contribution in [2.45, 2.75) is 30.2 Å². The number of carbonyl (C=O) groups is 2. The highest BCUT2D eigenvalue weighted by molar-refractivity contribution is 7.83. The molecule has 1 aliphatic heterocycles. The van der Waals surface area contributed by atoms with Crippen LogP contribution in [0.15, 0.2) is 23.4 Å². The van der Waals surface area contributed by atoms with Crippen LogP contribution < -0.4 is 9.62 Å². The van der Waals surface area contributed by atoms with Crippen LogP contribution in [-0.2, 0) is 11.0 Å². The number of anilines is 1. The number of hydrogen-bond donors (Lipinski definition) is 1.